The second kappa shape index (κ2) is 15.4. The molecule has 0 atom stereocenters. The van der Waals surface area contributed by atoms with E-state index < -0.39 is 7.81 Å². The van der Waals surface area contributed by atoms with E-state index in [2.05, 4.69) is 146 Å². The standard InChI is InChI=1S/C27H26P2.C7H8.F6P.Rh/c1-5-14-24(15-6-1)28(25-16-7-2-8-17-25)22-13-23-29(26-18-9-3-10-19-26)27-20-11-4-12-21-27;1-2-7-4-3-6(1)5-7;1-7(2,3,4,5)6;/h1-12,14-21H,13,22-23H2;1-4,6-7H,5H2;;/q;;-1;. The minimum Gasteiger partial charge on any atom is -0.0622 e. The first-order chi connectivity index (χ1) is 20.3. The molecule has 0 aromatic heterocycles. The van der Waals surface area contributed by atoms with Gasteiger partial charge in [-0.05, 0) is 74.1 Å². The second-order valence-corrected chi connectivity index (χ2v) is 16.9. The van der Waals surface area contributed by atoms with Crippen molar-refractivity contribution in [2.75, 3.05) is 12.3 Å². The third kappa shape index (κ3) is 13.9. The Balaban J connectivity index is 0.000000289. The van der Waals surface area contributed by atoms with Gasteiger partial charge in [0.15, 0.2) is 0 Å². The van der Waals surface area contributed by atoms with Gasteiger partial charge >= 0.3 is 33.0 Å². The van der Waals surface area contributed by atoms with Crippen molar-refractivity contribution in [2.45, 2.75) is 12.8 Å². The van der Waals surface area contributed by atoms with E-state index in [1.165, 1.54) is 46.4 Å². The largest absolute Gasteiger partial charge is 0.0622 e. The molecule has 44 heavy (non-hydrogen) atoms. The Morgan fingerprint density at radius 3 is 0.864 bits per heavy atom. The van der Waals surface area contributed by atoms with Crippen LogP contribution in [0.2, 0.25) is 0 Å². The van der Waals surface area contributed by atoms with Gasteiger partial charge < -0.3 is 0 Å². The van der Waals surface area contributed by atoms with Gasteiger partial charge in [0.25, 0.3) is 0 Å². The van der Waals surface area contributed by atoms with Gasteiger partial charge in [-0.1, -0.05) is 146 Å². The summed E-state index contributed by atoms with van der Waals surface area (Å²) in [7, 11) is -11.3. The van der Waals surface area contributed by atoms with Crippen molar-refractivity contribution in [1.29, 1.82) is 0 Å². The molecule has 2 aliphatic carbocycles. The zero-order chi connectivity index (χ0) is 30.8. The number of hydrogen-bond acceptors (Lipinski definition) is 0. The number of allylic oxidation sites excluding steroid dienone is 4. The van der Waals surface area contributed by atoms with Crippen molar-refractivity contribution in [3.8, 4) is 0 Å². The molecule has 10 heteroatoms. The maximum Gasteiger partial charge on any atom is 0 e. The van der Waals surface area contributed by atoms with E-state index in [0.717, 1.165) is 11.8 Å². The predicted octanol–water partition coefficient (Wildman–Crippen LogP) is 10.8. The van der Waals surface area contributed by atoms with Crippen molar-refractivity contribution in [3.05, 3.63) is 146 Å². The van der Waals surface area contributed by atoms with Crippen molar-refractivity contribution in [2.24, 2.45) is 11.8 Å². The molecule has 0 nitrogen and oxygen atoms in total. The molecule has 237 valence electrons. The Morgan fingerprint density at radius 1 is 0.455 bits per heavy atom. The molecule has 0 amide bonds. The molecule has 0 saturated heterocycles. The van der Waals surface area contributed by atoms with Crippen molar-refractivity contribution in [1.82, 2.24) is 0 Å². The van der Waals surface area contributed by atoms with Crippen LogP contribution in [-0.4, -0.2) is 12.3 Å². The molecule has 0 unspecified atom stereocenters. The average molecular weight is 752 g/mol. The van der Waals surface area contributed by atoms with E-state index in [1.807, 2.05) is 0 Å². The summed E-state index contributed by atoms with van der Waals surface area (Å²) in [5.41, 5.74) is 0. The van der Waals surface area contributed by atoms with Gasteiger partial charge in [0.1, 0.15) is 0 Å². The molecule has 0 aliphatic heterocycles. The number of rotatable bonds is 8. The molecule has 4 aromatic rings. The summed E-state index contributed by atoms with van der Waals surface area (Å²) in [4.78, 5) is 0. The summed E-state index contributed by atoms with van der Waals surface area (Å²) in [6.45, 7) is 0. The van der Waals surface area contributed by atoms with Crippen LogP contribution >= 0.6 is 23.7 Å². The van der Waals surface area contributed by atoms with Crippen LogP contribution in [0.25, 0.3) is 0 Å². The fraction of sp³-hybridized carbons (Fsp3) is 0.176. The van der Waals surface area contributed by atoms with E-state index in [1.54, 1.807) is 0 Å². The normalized spacial score (nSPS) is 17.9. The predicted molar refractivity (Wildman–Crippen MR) is 176 cm³/mol. The quantitative estimate of drug-likeness (QED) is 0.0728. The van der Waals surface area contributed by atoms with Crippen LogP contribution in [0.4, 0.5) is 25.2 Å². The van der Waals surface area contributed by atoms with Crippen LogP contribution in [0.5, 0.6) is 0 Å². The molecule has 0 saturated carbocycles. The van der Waals surface area contributed by atoms with Crippen LogP contribution in [0.1, 0.15) is 12.8 Å². The molecule has 2 aliphatic rings. The van der Waals surface area contributed by atoms with E-state index in [-0.39, 0.29) is 35.3 Å². The van der Waals surface area contributed by atoms with E-state index in [9.17, 15) is 25.2 Å². The Hall–Kier alpha value is -2.15. The number of fused-ring (bicyclic) bond motifs is 2. The SMILES string of the molecule is C1=CC2C=CC1C2.F[P-](F)(F)(F)(F)F.[Rh].c1ccc(P(CCCP(c2ccccc2)c2ccccc2)c2ccccc2)cc1. The smallest absolute Gasteiger partial charge is 0 e. The maximum absolute atomic E-state index is 10.7. The molecule has 0 heterocycles. The van der Waals surface area contributed by atoms with Crippen molar-refractivity contribution < 1.29 is 44.7 Å². The Kier molecular flexibility index (Phi) is 12.7. The third-order valence-electron chi connectivity index (χ3n) is 6.79. The van der Waals surface area contributed by atoms with Crippen molar-refractivity contribution in [3.63, 3.8) is 0 Å². The second-order valence-electron chi connectivity index (χ2n) is 10.3. The Morgan fingerprint density at radius 2 is 0.682 bits per heavy atom. The van der Waals surface area contributed by atoms with Crippen LogP contribution in [0, 0.1) is 11.8 Å². The first kappa shape index (κ1) is 36.3. The molecule has 0 spiro atoms. The van der Waals surface area contributed by atoms with Gasteiger partial charge in [0.05, 0.1) is 0 Å². The minimum absolute atomic E-state index is 0. The van der Waals surface area contributed by atoms with Gasteiger partial charge in [-0.25, -0.2) is 0 Å². The number of benzene rings is 4. The summed E-state index contributed by atoms with van der Waals surface area (Å²) in [5.74, 6) is 1.62. The molecular weight excluding hydrogens is 718 g/mol. The zero-order valence-corrected chi connectivity index (χ0v) is 28.1. The number of halogens is 6. The molecule has 1 radical (unpaired) electrons. The van der Waals surface area contributed by atoms with Gasteiger partial charge in [0, 0.05) is 19.5 Å². The van der Waals surface area contributed by atoms with Gasteiger partial charge in [-0.15, -0.1) is 0 Å². The Labute approximate surface area is 271 Å². The monoisotopic (exact) mass is 752 g/mol. The number of hydrogen-bond donors (Lipinski definition) is 0. The molecular formula is C34H34F6P3Rh-. The topological polar surface area (TPSA) is 0 Å². The zero-order valence-electron chi connectivity index (χ0n) is 23.8. The summed E-state index contributed by atoms with van der Waals surface area (Å²) in [5, 5.41) is 5.94. The van der Waals surface area contributed by atoms with Gasteiger partial charge in [-0.3, -0.25) is 0 Å². The summed E-state index contributed by atoms with van der Waals surface area (Å²) in [6, 6.07) is 44.3. The van der Waals surface area contributed by atoms with Crippen LogP contribution in [-0.2, 0) is 19.5 Å². The molecule has 6 rings (SSSR count). The van der Waals surface area contributed by atoms with E-state index in [0.29, 0.717) is 0 Å². The Bertz CT molecular complexity index is 1270. The summed E-state index contributed by atoms with van der Waals surface area (Å²) >= 11 is 0. The van der Waals surface area contributed by atoms with Crippen molar-refractivity contribution >= 4 is 44.9 Å². The third-order valence-corrected chi connectivity index (χ3v) is 12.0. The van der Waals surface area contributed by atoms with E-state index in [4.69, 9.17) is 0 Å². The fourth-order valence-corrected chi connectivity index (χ4v) is 9.92. The van der Waals surface area contributed by atoms with Crippen LogP contribution in [0.15, 0.2) is 146 Å². The average Bonchev–Trinajstić information content (AvgIpc) is 3.65. The van der Waals surface area contributed by atoms with Crippen LogP contribution < -0.4 is 21.2 Å². The minimum atomic E-state index is -10.7. The van der Waals surface area contributed by atoms with E-state index >= 15 is 0 Å². The summed E-state index contributed by atoms with van der Waals surface area (Å²) in [6.07, 6.45) is 14.3. The first-order valence-electron chi connectivity index (χ1n) is 14.0. The first-order valence-corrected chi connectivity index (χ1v) is 19.1. The fourth-order valence-electron chi connectivity index (χ4n) is 4.96. The maximum atomic E-state index is 9.87. The molecule has 0 N–H and O–H groups in total. The van der Waals surface area contributed by atoms with Gasteiger partial charge in [-0.2, -0.15) is 0 Å². The molecule has 2 bridgehead atoms. The molecule has 4 aromatic carbocycles. The van der Waals surface area contributed by atoms with Gasteiger partial charge in [0.2, 0.25) is 0 Å². The molecule has 0 fully saturated rings. The summed E-state index contributed by atoms with van der Waals surface area (Å²) < 4.78 is 59.2. The van der Waals surface area contributed by atoms with Crippen LogP contribution in [0.3, 0.4) is 0 Å².